The summed E-state index contributed by atoms with van der Waals surface area (Å²) in [5.41, 5.74) is 1.63. The zero-order valence-electron chi connectivity index (χ0n) is 18.3. The highest BCUT2D eigenvalue weighted by Gasteiger charge is 2.35. The van der Waals surface area contributed by atoms with Gasteiger partial charge in [0, 0.05) is 38.2 Å². The maximum absolute atomic E-state index is 13.4. The molecule has 1 fully saturated rings. The minimum atomic E-state index is -0.292. The van der Waals surface area contributed by atoms with E-state index in [2.05, 4.69) is 17.4 Å². The lowest BCUT2D eigenvalue weighted by Crippen LogP contribution is -2.48. The quantitative estimate of drug-likeness (QED) is 0.657. The van der Waals surface area contributed by atoms with Gasteiger partial charge < -0.3 is 24.4 Å². The molecule has 1 aliphatic heterocycles. The van der Waals surface area contributed by atoms with Gasteiger partial charge in [0.1, 0.15) is 0 Å². The van der Waals surface area contributed by atoms with Crippen LogP contribution in [0.25, 0.3) is 0 Å². The first-order chi connectivity index (χ1) is 15.1. The summed E-state index contributed by atoms with van der Waals surface area (Å²) < 4.78 is 15.6. The van der Waals surface area contributed by atoms with Crippen LogP contribution < -0.4 is 14.8 Å². The average Bonchev–Trinajstić information content (AvgIpc) is 2.83. The molecular weight excluding hydrogens is 396 g/mol. The van der Waals surface area contributed by atoms with Gasteiger partial charge in [0.15, 0.2) is 11.5 Å². The van der Waals surface area contributed by atoms with Crippen molar-refractivity contribution in [3.8, 4) is 11.5 Å². The Morgan fingerprint density at radius 1 is 1.00 bits per heavy atom. The van der Waals surface area contributed by atoms with Gasteiger partial charge in [0.2, 0.25) is 5.91 Å². The summed E-state index contributed by atoms with van der Waals surface area (Å²) in [6.45, 7) is 1.83. The Labute approximate surface area is 183 Å². The fourth-order valence-electron chi connectivity index (χ4n) is 3.99. The van der Waals surface area contributed by atoms with Crippen molar-refractivity contribution in [2.75, 3.05) is 47.6 Å². The topological polar surface area (TPSA) is 77.1 Å². The molecule has 3 rings (SSSR count). The molecule has 2 atom stereocenters. The molecular formula is C24H30N2O5. The molecule has 1 aliphatic rings. The number of hydrogen-bond acceptors (Lipinski definition) is 5. The minimum Gasteiger partial charge on any atom is -0.493 e. The van der Waals surface area contributed by atoms with E-state index in [0.29, 0.717) is 49.7 Å². The number of carbonyl (C=O) groups is 2. The molecule has 2 aromatic carbocycles. The second-order valence-electron chi connectivity index (χ2n) is 7.60. The van der Waals surface area contributed by atoms with Gasteiger partial charge in [-0.15, -0.1) is 0 Å². The molecule has 7 nitrogen and oxygen atoms in total. The van der Waals surface area contributed by atoms with Crippen molar-refractivity contribution >= 4 is 11.8 Å². The van der Waals surface area contributed by atoms with Gasteiger partial charge >= 0.3 is 0 Å². The third-order valence-electron chi connectivity index (χ3n) is 5.62. The van der Waals surface area contributed by atoms with Gasteiger partial charge in [-0.05, 0) is 30.2 Å². The van der Waals surface area contributed by atoms with Crippen LogP contribution in [0.3, 0.4) is 0 Å². The highest BCUT2D eigenvalue weighted by atomic mass is 16.5. The molecule has 0 saturated carbocycles. The molecule has 1 saturated heterocycles. The van der Waals surface area contributed by atoms with Gasteiger partial charge in [0.25, 0.3) is 5.91 Å². The van der Waals surface area contributed by atoms with Gasteiger partial charge in [0.05, 0.1) is 26.7 Å². The SMILES string of the molecule is COCCNC(=O)[C@H]1C[C@H](c2ccccc2)CN(C(=O)c2ccc(OC)c(OC)c2)C1. The number of amides is 2. The minimum absolute atomic E-state index is 0.0530. The van der Waals surface area contributed by atoms with Crippen molar-refractivity contribution in [2.45, 2.75) is 12.3 Å². The zero-order chi connectivity index (χ0) is 22.2. The molecule has 166 valence electrons. The first-order valence-electron chi connectivity index (χ1n) is 10.4. The Morgan fingerprint density at radius 3 is 2.42 bits per heavy atom. The van der Waals surface area contributed by atoms with Crippen LogP contribution in [0.15, 0.2) is 48.5 Å². The summed E-state index contributed by atoms with van der Waals surface area (Å²) in [5.74, 6) is 0.672. The highest BCUT2D eigenvalue weighted by Crippen LogP contribution is 2.33. The molecule has 0 unspecified atom stereocenters. The molecule has 0 radical (unpaired) electrons. The molecule has 0 aromatic heterocycles. The molecule has 0 bridgehead atoms. The molecule has 0 spiro atoms. The first-order valence-corrected chi connectivity index (χ1v) is 10.4. The summed E-state index contributed by atoms with van der Waals surface area (Å²) in [6.07, 6.45) is 0.693. The Balaban J connectivity index is 1.83. The van der Waals surface area contributed by atoms with E-state index in [1.807, 2.05) is 18.2 Å². The van der Waals surface area contributed by atoms with E-state index in [4.69, 9.17) is 14.2 Å². The van der Waals surface area contributed by atoms with Crippen molar-refractivity contribution < 1.29 is 23.8 Å². The molecule has 0 aliphatic carbocycles. The third-order valence-corrected chi connectivity index (χ3v) is 5.62. The zero-order valence-corrected chi connectivity index (χ0v) is 18.3. The van der Waals surface area contributed by atoms with E-state index in [0.717, 1.165) is 5.56 Å². The van der Waals surface area contributed by atoms with E-state index in [1.54, 1.807) is 44.4 Å². The number of carbonyl (C=O) groups excluding carboxylic acids is 2. The van der Waals surface area contributed by atoms with E-state index in [1.165, 1.54) is 0 Å². The van der Waals surface area contributed by atoms with Crippen molar-refractivity contribution in [1.82, 2.24) is 10.2 Å². The summed E-state index contributed by atoms with van der Waals surface area (Å²) in [6, 6.07) is 15.2. The van der Waals surface area contributed by atoms with Crippen molar-refractivity contribution in [3.05, 3.63) is 59.7 Å². The van der Waals surface area contributed by atoms with Gasteiger partial charge in [-0.25, -0.2) is 0 Å². The second kappa shape index (κ2) is 10.8. The molecule has 1 heterocycles. The number of hydrogen-bond donors (Lipinski definition) is 1. The van der Waals surface area contributed by atoms with Crippen LogP contribution in [-0.4, -0.2) is 64.3 Å². The van der Waals surface area contributed by atoms with Crippen LogP contribution >= 0.6 is 0 Å². The van der Waals surface area contributed by atoms with Crippen molar-refractivity contribution in [2.24, 2.45) is 5.92 Å². The lowest BCUT2D eigenvalue weighted by Gasteiger charge is -2.37. The van der Waals surface area contributed by atoms with Crippen LogP contribution in [0.1, 0.15) is 28.3 Å². The Bertz CT molecular complexity index is 887. The number of nitrogens with zero attached hydrogens (tertiary/aromatic N) is 1. The van der Waals surface area contributed by atoms with E-state index in [9.17, 15) is 9.59 Å². The molecule has 2 aromatic rings. The van der Waals surface area contributed by atoms with E-state index < -0.39 is 0 Å². The van der Waals surface area contributed by atoms with Crippen LogP contribution in [-0.2, 0) is 9.53 Å². The fourth-order valence-corrected chi connectivity index (χ4v) is 3.99. The van der Waals surface area contributed by atoms with E-state index in [-0.39, 0.29) is 23.7 Å². The van der Waals surface area contributed by atoms with E-state index >= 15 is 0 Å². The van der Waals surface area contributed by atoms with Gasteiger partial charge in [-0.3, -0.25) is 9.59 Å². The van der Waals surface area contributed by atoms with Crippen LogP contribution in [0.4, 0.5) is 0 Å². The molecule has 1 N–H and O–H groups in total. The number of rotatable bonds is 8. The monoisotopic (exact) mass is 426 g/mol. The third kappa shape index (κ3) is 5.55. The Hall–Kier alpha value is -3.06. The Morgan fingerprint density at radius 2 is 1.74 bits per heavy atom. The fraction of sp³-hybridized carbons (Fsp3) is 0.417. The predicted molar refractivity (Wildman–Crippen MR) is 118 cm³/mol. The van der Waals surface area contributed by atoms with Gasteiger partial charge in [-0.1, -0.05) is 30.3 Å². The smallest absolute Gasteiger partial charge is 0.254 e. The summed E-state index contributed by atoms with van der Waals surface area (Å²) in [7, 11) is 4.70. The van der Waals surface area contributed by atoms with Crippen LogP contribution in [0.5, 0.6) is 11.5 Å². The Kier molecular flexibility index (Phi) is 7.89. The standard InChI is InChI=1S/C24H30N2O5/c1-29-12-11-25-23(27)20-13-19(17-7-5-4-6-8-17)15-26(16-20)24(28)18-9-10-21(30-2)22(14-18)31-3/h4-10,14,19-20H,11-13,15-16H2,1-3H3,(H,25,27)/t19-,20-/m0/s1. The number of piperidine rings is 1. The molecule has 2 amide bonds. The molecule has 7 heteroatoms. The normalized spacial score (nSPS) is 18.4. The lowest BCUT2D eigenvalue weighted by molar-refractivity contribution is -0.126. The van der Waals surface area contributed by atoms with Crippen molar-refractivity contribution in [1.29, 1.82) is 0 Å². The van der Waals surface area contributed by atoms with Crippen LogP contribution in [0.2, 0.25) is 0 Å². The maximum Gasteiger partial charge on any atom is 0.254 e. The lowest BCUT2D eigenvalue weighted by atomic mass is 9.83. The summed E-state index contributed by atoms with van der Waals surface area (Å²) >= 11 is 0. The second-order valence-corrected chi connectivity index (χ2v) is 7.60. The average molecular weight is 427 g/mol. The number of benzene rings is 2. The van der Waals surface area contributed by atoms with Crippen LogP contribution in [0, 0.1) is 5.92 Å². The number of ether oxygens (including phenoxy) is 3. The summed E-state index contributed by atoms with van der Waals surface area (Å²) in [4.78, 5) is 27.9. The number of nitrogens with one attached hydrogen (secondary N) is 1. The van der Waals surface area contributed by atoms with Crippen molar-refractivity contribution in [3.63, 3.8) is 0 Å². The highest BCUT2D eigenvalue weighted by molar-refractivity contribution is 5.95. The first kappa shape index (κ1) is 22.6. The largest absolute Gasteiger partial charge is 0.493 e. The maximum atomic E-state index is 13.4. The number of methoxy groups -OCH3 is 3. The molecule has 31 heavy (non-hydrogen) atoms. The summed E-state index contributed by atoms with van der Waals surface area (Å²) in [5, 5.41) is 2.92. The number of likely N-dealkylation sites (tertiary alicyclic amines) is 1. The predicted octanol–water partition coefficient (Wildman–Crippen LogP) is 2.71. The van der Waals surface area contributed by atoms with Gasteiger partial charge in [-0.2, -0.15) is 0 Å².